The minimum absolute atomic E-state index is 0.829. The Labute approximate surface area is 147 Å². The predicted octanol–water partition coefficient (Wildman–Crippen LogP) is -7.75. The molecule has 0 radical (unpaired) electrons. The number of hydrogen-bond donors (Lipinski definition) is 12. The fourth-order valence-corrected chi connectivity index (χ4v) is 3.23. The van der Waals surface area contributed by atoms with Crippen LogP contribution in [0.2, 0.25) is 0 Å². The summed E-state index contributed by atoms with van der Waals surface area (Å²) in [5.41, 5.74) is -5.79. The minimum atomic E-state index is -3.04. The van der Waals surface area contributed by atoms with Gasteiger partial charge in [-0.2, -0.15) is 0 Å². The van der Waals surface area contributed by atoms with Gasteiger partial charge in [-0.15, -0.1) is 0 Å². The van der Waals surface area contributed by atoms with Crippen molar-refractivity contribution in [2.45, 2.75) is 66.4 Å². The molecular weight excluding hydrogens is 362 g/mol. The third kappa shape index (κ3) is 3.24. The van der Waals surface area contributed by atoms with Crippen molar-refractivity contribution < 1.29 is 60.9 Å². The van der Waals surface area contributed by atoms with E-state index in [0.29, 0.717) is 0 Å². The minimum Gasteiger partial charge on any atom is -0.394 e. The van der Waals surface area contributed by atoms with Gasteiger partial charge in [0.05, 0.1) is 13.2 Å². The molecule has 26 heavy (non-hydrogen) atoms. The van der Waals surface area contributed by atoms with Crippen molar-refractivity contribution >= 4 is 0 Å². The second-order valence-corrected chi connectivity index (χ2v) is 6.65. The maximum atomic E-state index is 10.6. The van der Waals surface area contributed by atoms with Crippen LogP contribution in [0.5, 0.6) is 0 Å². The van der Waals surface area contributed by atoms with Crippen LogP contribution in [-0.4, -0.2) is 136 Å². The first-order valence-corrected chi connectivity index (χ1v) is 7.82. The van der Waals surface area contributed by atoms with E-state index < -0.39 is 79.6 Å². The van der Waals surface area contributed by atoms with Crippen LogP contribution in [0.25, 0.3) is 0 Å². The summed E-state index contributed by atoms with van der Waals surface area (Å²) in [5.74, 6) is 0. The molecule has 12 N–H and O–H groups in total. The van der Waals surface area contributed by atoms with E-state index >= 15 is 0 Å². The second-order valence-electron chi connectivity index (χ2n) is 6.65. The maximum absolute atomic E-state index is 10.6. The van der Waals surface area contributed by atoms with Gasteiger partial charge in [-0.3, -0.25) is 5.32 Å². The van der Waals surface area contributed by atoms with Gasteiger partial charge in [-0.25, -0.2) is 0 Å². The van der Waals surface area contributed by atoms with Crippen LogP contribution in [0.3, 0.4) is 0 Å². The van der Waals surface area contributed by atoms with Gasteiger partial charge in [0.2, 0.25) is 0 Å². The van der Waals surface area contributed by atoms with Gasteiger partial charge in [-0.1, -0.05) is 0 Å². The quantitative estimate of drug-likeness (QED) is 0.215. The van der Waals surface area contributed by atoms with Gasteiger partial charge >= 0.3 is 0 Å². The van der Waals surface area contributed by atoms with Gasteiger partial charge < -0.3 is 60.9 Å². The lowest BCUT2D eigenvalue weighted by Crippen LogP contribution is -2.83. The first kappa shape index (κ1) is 21.8. The lowest BCUT2D eigenvalue weighted by molar-refractivity contribution is -0.330. The monoisotopic (exact) mass is 387 g/mol. The molecule has 11 atom stereocenters. The lowest BCUT2D eigenvalue weighted by Gasteiger charge is -2.54. The summed E-state index contributed by atoms with van der Waals surface area (Å²) in [6.45, 7) is -2.08. The summed E-state index contributed by atoms with van der Waals surface area (Å²) in [6.07, 6.45) is -18.1. The SMILES string of the molecule is OC[C@H]1O[C@@H](C(O)[C@@]2(O)N[C@@](O)(CO)[C@@H](O)[C@H](O)[C@H]2O)[C@H](O)[C@@H](O)[C@@H]1O. The molecule has 2 saturated heterocycles. The van der Waals surface area contributed by atoms with E-state index in [1.165, 1.54) is 0 Å². The highest BCUT2D eigenvalue weighted by Gasteiger charge is 2.63. The van der Waals surface area contributed by atoms with Crippen LogP contribution in [-0.2, 0) is 4.74 Å². The average molecular weight is 387 g/mol. The number of aliphatic hydroxyl groups is 11. The van der Waals surface area contributed by atoms with Crippen LogP contribution in [0, 0.1) is 0 Å². The van der Waals surface area contributed by atoms with E-state index in [9.17, 15) is 51.1 Å². The number of aliphatic hydroxyl groups excluding tert-OH is 9. The Balaban J connectivity index is 2.35. The largest absolute Gasteiger partial charge is 0.394 e. The predicted molar refractivity (Wildman–Crippen MR) is 77.9 cm³/mol. The van der Waals surface area contributed by atoms with Crippen LogP contribution in [0.4, 0.5) is 0 Å². The molecule has 1 unspecified atom stereocenters. The number of rotatable bonds is 4. The molecule has 2 rings (SSSR count). The Hall–Kier alpha value is -0.520. The van der Waals surface area contributed by atoms with Gasteiger partial charge in [-0.05, 0) is 0 Å². The first-order valence-electron chi connectivity index (χ1n) is 7.82. The van der Waals surface area contributed by atoms with Gasteiger partial charge in [0.1, 0.15) is 54.9 Å². The van der Waals surface area contributed by atoms with E-state index in [4.69, 9.17) is 9.84 Å². The highest BCUT2D eigenvalue weighted by molar-refractivity contribution is 5.11. The molecular formula is C13H25NO12. The highest BCUT2D eigenvalue weighted by Crippen LogP contribution is 2.34. The third-order valence-corrected chi connectivity index (χ3v) is 4.94. The summed E-state index contributed by atoms with van der Waals surface area (Å²) in [5, 5.41) is 110. The molecule has 0 amide bonds. The van der Waals surface area contributed by atoms with Crippen LogP contribution < -0.4 is 5.32 Å². The first-order chi connectivity index (χ1) is 11.9. The zero-order valence-corrected chi connectivity index (χ0v) is 13.4. The Morgan fingerprint density at radius 2 is 1.42 bits per heavy atom. The van der Waals surface area contributed by atoms with Crippen molar-refractivity contribution in [1.82, 2.24) is 5.32 Å². The van der Waals surface area contributed by atoms with Crippen molar-refractivity contribution in [3.8, 4) is 0 Å². The summed E-state index contributed by atoms with van der Waals surface area (Å²) in [7, 11) is 0. The van der Waals surface area contributed by atoms with Gasteiger partial charge in [0, 0.05) is 0 Å². The lowest BCUT2D eigenvalue weighted by atomic mass is 9.79. The molecule has 0 aromatic rings. The number of ether oxygens (including phenoxy) is 1. The zero-order chi connectivity index (χ0) is 20.0. The van der Waals surface area contributed by atoms with Crippen LogP contribution in [0.1, 0.15) is 0 Å². The molecule has 2 heterocycles. The molecule has 0 aromatic heterocycles. The molecule has 0 spiro atoms. The fraction of sp³-hybridized carbons (Fsp3) is 1.00. The number of nitrogens with one attached hydrogen (secondary N) is 1. The average Bonchev–Trinajstić information content (AvgIpc) is 2.62. The molecule has 13 heteroatoms. The van der Waals surface area contributed by atoms with Crippen molar-refractivity contribution in [3.05, 3.63) is 0 Å². The molecule has 2 aliphatic heterocycles. The second kappa shape index (κ2) is 7.48. The Morgan fingerprint density at radius 1 is 0.846 bits per heavy atom. The molecule has 0 bridgehead atoms. The fourth-order valence-electron chi connectivity index (χ4n) is 3.23. The van der Waals surface area contributed by atoms with E-state index in [1.807, 2.05) is 5.32 Å². The molecule has 0 aromatic carbocycles. The number of hydrogen-bond acceptors (Lipinski definition) is 13. The molecule has 0 aliphatic carbocycles. The molecule has 2 fully saturated rings. The van der Waals surface area contributed by atoms with Gasteiger partial charge in [0.15, 0.2) is 11.4 Å². The van der Waals surface area contributed by atoms with Crippen LogP contribution in [0.15, 0.2) is 0 Å². The van der Waals surface area contributed by atoms with E-state index in [-0.39, 0.29) is 0 Å². The zero-order valence-electron chi connectivity index (χ0n) is 13.4. The Kier molecular flexibility index (Phi) is 6.26. The van der Waals surface area contributed by atoms with Crippen molar-refractivity contribution in [3.63, 3.8) is 0 Å². The molecule has 154 valence electrons. The van der Waals surface area contributed by atoms with Crippen LogP contribution >= 0.6 is 0 Å². The summed E-state index contributed by atoms with van der Waals surface area (Å²) in [6, 6.07) is 0. The van der Waals surface area contributed by atoms with E-state index in [2.05, 4.69) is 0 Å². The normalized spacial score (nSPS) is 54.1. The topological polar surface area (TPSA) is 244 Å². The summed E-state index contributed by atoms with van der Waals surface area (Å²) in [4.78, 5) is 0. The summed E-state index contributed by atoms with van der Waals surface area (Å²) >= 11 is 0. The van der Waals surface area contributed by atoms with Crippen molar-refractivity contribution in [2.75, 3.05) is 13.2 Å². The van der Waals surface area contributed by atoms with Crippen molar-refractivity contribution in [1.29, 1.82) is 0 Å². The van der Waals surface area contributed by atoms with Crippen molar-refractivity contribution in [2.24, 2.45) is 0 Å². The molecule has 2 aliphatic rings. The number of piperidine rings is 1. The Morgan fingerprint density at radius 3 is 1.92 bits per heavy atom. The standard InChI is InChI=1S/C13H25NO12/c15-1-3-4(17)5(18)6(19)8(26-3)11(23)13(25)10(22)7(20)9(21)12(24,2-16)14-13/h3-11,14-25H,1-2H2/t3-,4-,5+,6-,7+,8-,9+,10-,11?,12-,13-/m1/s1. The Bertz CT molecular complexity index is 496. The summed E-state index contributed by atoms with van der Waals surface area (Å²) < 4.78 is 5.06. The van der Waals surface area contributed by atoms with Gasteiger partial charge in [0.25, 0.3) is 0 Å². The highest BCUT2D eigenvalue weighted by atomic mass is 16.6. The molecule has 13 nitrogen and oxygen atoms in total. The smallest absolute Gasteiger partial charge is 0.176 e. The van der Waals surface area contributed by atoms with E-state index in [1.54, 1.807) is 0 Å². The van der Waals surface area contributed by atoms with E-state index in [0.717, 1.165) is 0 Å². The molecule has 0 saturated carbocycles. The maximum Gasteiger partial charge on any atom is 0.176 e. The third-order valence-electron chi connectivity index (χ3n) is 4.94.